The first-order valence-electron chi connectivity index (χ1n) is 7.92. The number of hydrogen-bond acceptors (Lipinski definition) is 1. The minimum Gasteiger partial charge on any atom is -0.272 e. The summed E-state index contributed by atoms with van der Waals surface area (Å²) in [5, 5.41) is 1.24. The van der Waals surface area contributed by atoms with Crippen LogP contribution in [0, 0.1) is 0 Å². The van der Waals surface area contributed by atoms with Crippen LogP contribution in [0.4, 0.5) is 0 Å². The fraction of sp³-hybridized carbons (Fsp3) is 0.938. The Morgan fingerprint density at radius 3 is 2.06 bits per heavy atom. The van der Waals surface area contributed by atoms with Crippen LogP contribution in [-0.2, 0) is 0 Å². The number of rotatable bonds is 12. The van der Waals surface area contributed by atoms with Gasteiger partial charge in [0.25, 0.3) is 0 Å². The minimum absolute atomic E-state index is 0.578. The highest BCUT2D eigenvalue weighted by molar-refractivity contribution is 8.14. The maximum atomic E-state index is 9.84. The van der Waals surface area contributed by atoms with E-state index in [1.165, 1.54) is 57.8 Å². The van der Waals surface area contributed by atoms with E-state index in [2.05, 4.69) is 20.8 Å². The lowest BCUT2D eigenvalue weighted by atomic mass is 10.1. The summed E-state index contributed by atoms with van der Waals surface area (Å²) in [4.78, 5) is 9.84. The van der Waals surface area contributed by atoms with E-state index < -0.39 is 0 Å². The van der Waals surface area contributed by atoms with Gasteiger partial charge in [-0.3, -0.25) is 4.79 Å². The first-order valence-corrected chi connectivity index (χ1v) is 8.80. The third-order valence-corrected chi connectivity index (χ3v) is 4.41. The highest BCUT2D eigenvalue weighted by atomic mass is 32.2. The Balaban J connectivity index is 3.31. The van der Waals surface area contributed by atoms with E-state index in [4.69, 9.17) is 0 Å². The van der Waals surface area contributed by atoms with Crippen LogP contribution < -0.4 is 0 Å². The molecule has 0 amide bonds. The second-order valence-electron chi connectivity index (χ2n) is 5.34. The van der Waals surface area contributed by atoms with Gasteiger partial charge in [0.15, 0.2) is 0 Å². The molecule has 0 bridgehead atoms. The maximum absolute atomic E-state index is 9.84. The van der Waals surface area contributed by atoms with Gasteiger partial charge in [0.2, 0.25) is 0 Å². The van der Waals surface area contributed by atoms with E-state index in [9.17, 15) is 4.79 Å². The van der Waals surface area contributed by atoms with Crippen LogP contribution in [0.25, 0.3) is 0 Å². The molecule has 1 nitrogen and oxygen atoms in total. The average molecular weight is 274 g/mol. The third kappa shape index (κ3) is 12.5. The fourth-order valence-corrected chi connectivity index (χ4v) is 3.09. The molecule has 2 heteroatoms. The van der Waals surface area contributed by atoms with Crippen LogP contribution in [0.2, 0.25) is 0 Å². The van der Waals surface area contributed by atoms with Crippen LogP contribution in [0.5, 0.6) is 0 Å². The Kier molecular flexibility index (Phi) is 13.5. The Labute approximate surface area is 118 Å². The number of carbonyl (C=O) groups excluding carboxylic acids is 1. The van der Waals surface area contributed by atoms with Gasteiger partial charge in [0.1, 0.15) is 0 Å². The van der Waals surface area contributed by atoms with Crippen LogP contribution in [-0.4, -0.2) is 15.2 Å². The molecular formula is C16H33OS+. The average Bonchev–Trinajstić information content (AvgIpc) is 2.35. The Bertz CT molecular complexity index is 192. The molecule has 0 saturated carbocycles. The van der Waals surface area contributed by atoms with Crippen molar-refractivity contribution in [1.82, 2.24) is 0 Å². The van der Waals surface area contributed by atoms with Crippen molar-refractivity contribution in [2.24, 2.45) is 0 Å². The predicted octanol–water partition coefficient (Wildman–Crippen LogP) is 5.94. The molecule has 0 aliphatic rings. The quantitative estimate of drug-likeness (QED) is 0.318. The van der Waals surface area contributed by atoms with Gasteiger partial charge >= 0.3 is 5.12 Å². The molecule has 0 aliphatic carbocycles. The fourth-order valence-electron chi connectivity index (χ4n) is 2.07. The lowest BCUT2D eigenvalue weighted by molar-refractivity contribution is 0.588. The van der Waals surface area contributed by atoms with Crippen molar-refractivity contribution < 1.29 is 4.79 Å². The third-order valence-electron chi connectivity index (χ3n) is 3.30. The molecule has 0 radical (unpaired) electrons. The summed E-state index contributed by atoms with van der Waals surface area (Å²) >= 11 is 1.68. The largest absolute Gasteiger partial charge is 0.351 e. The van der Waals surface area contributed by atoms with Gasteiger partial charge in [-0.15, -0.1) is 0 Å². The smallest absolute Gasteiger partial charge is 0.272 e. The molecule has 1 N–H and O–H groups in total. The maximum Gasteiger partial charge on any atom is 0.351 e. The van der Waals surface area contributed by atoms with Gasteiger partial charge in [0, 0.05) is 5.25 Å². The molecule has 0 aliphatic heterocycles. The zero-order valence-electron chi connectivity index (χ0n) is 12.7. The summed E-state index contributed by atoms with van der Waals surface area (Å²) < 4.78 is 0. The van der Waals surface area contributed by atoms with E-state index in [0.717, 1.165) is 12.8 Å². The number of hydrogen-bond donors (Lipinski definition) is 0. The van der Waals surface area contributed by atoms with E-state index >= 15 is 0 Å². The van der Waals surface area contributed by atoms with Gasteiger partial charge in [-0.25, -0.2) is 0 Å². The van der Waals surface area contributed by atoms with Crippen LogP contribution >= 0.6 is 11.8 Å². The van der Waals surface area contributed by atoms with Crippen LogP contribution in [0.1, 0.15) is 91.4 Å². The summed E-state index contributed by atoms with van der Waals surface area (Å²) in [6.07, 6.45) is 13.9. The zero-order valence-corrected chi connectivity index (χ0v) is 13.5. The molecule has 0 spiro atoms. The topological polar surface area (TPSA) is 21.4 Å². The van der Waals surface area contributed by atoms with Crippen molar-refractivity contribution in [2.45, 2.75) is 96.7 Å². The molecule has 0 aromatic heterocycles. The summed E-state index contributed by atoms with van der Waals surface area (Å²) in [7, 11) is 0. The monoisotopic (exact) mass is 273 g/mol. The molecule has 108 valence electrons. The molecule has 0 aromatic rings. The standard InChI is InChI=1S/C16H32OS/c1-4-6-8-9-10-11-12-14-16(17)18-15(3)13-7-5-2/h15H,4-14H2,1-3H3/p+1. The first kappa shape index (κ1) is 18.0. The lowest BCUT2D eigenvalue weighted by Crippen LogP contribution is -2.02. The summed E-state index contributed by atoms with van der Waals surface area (Å²) in [5.74, 6) is 0. The van der Waals surface area contributed by atoms with Crippen molar-refractivity contribution in [1.29, 1.82) is 0 Å². The Morgan fingerprint density at radius 2 is 1.44 bits per heavy atom. The SMILES string of the molecule is CCCCCCCCCC(=[OH+])SC(C)CCCC. The normalized spacial score (nSPS) is 12.6. The Hall–Kier alpha value is 0.0200. The molecule has 18 heavy (non-hydrogen) atoms. The molecule has 0 aromatic carbocycles. The van der Waals surface area contributed by atoms with Crippen LogP contribution in [0.15, 0.2) is 0 Å². The Morgan fingerprint density at radius 1 is 0.889 bits per heavy atom. The highest BCUT2D eigenvalue weighted by Gasteiger charge is 2.14. The van der Waals surface area contributed by atoms with Crippen molar-refractivity contribution in [3.8, 4) is 0 Å². The van der Waals surface area contributed by atoms with Gasteiger partial charge in [-0.2, -0.15) is 0 Å². The van der Waals surface area contributed by atoms with Crippen LogP contribution in [0.3, 0.4) is 0 Å². The lowest BCUT2D eigenvalue weighted by Gasteiger charge is -2.05. The number of unbranched alkanes of at least 4 members (excludes halogenated alkanes) is 7. The van der Waals surface area contributed by atoms with E-state index in [1.54, 1.807) is 11.8 Å². The van der Waals surface area contributed by atoms with E-state index in [-0.39, 0.29) is 0 Å². The summed E-state index contributed by atoms with van der Waals surface area (Å²) in [6.45, 7) is 6.70. The van der Waals surface area contributed by atoms with Crippen molar-refractivity contribution in [3.05, 3.63) is 0 Å². The number of thioether (sulfide) groups is 1. The van der Waals surface area contributed by atoms with Crippen molar-refractivity contribution >= 4 is 16.9 Å². The molecule has 0 heterocycles. The first-order chi connectivity index (χ1) is 8.70. The molecule has 1 unspecified atom stereocenters. The van der Waals surface area contributed by atoms with Gasteiger partial charge in [-0.1, -0.05) is 72.1 Å². The van der Waals surface area contributed by atoms with Gasteiger partial charge < -0.3 is 0 Å². The van der Waals surface area contributed by atoms with Gasteiger partial charge in [-0.05, 0) is 24.6 Å². The molecule has 0 fully saturated rings. The highest BCUT2D eigenvalue weighted by Crippen LogP contribution is 2.20. The molecule has 1 atom stereocenters. The van der Waals surface area contributed by atoms with Crippen molar-refractivity contribution in [3.63, 3.8) is 0 Å². The molecule has 0 rings (SSSR count). The summed E-state index contributed by atoms with van der Waals surface area (Å²) in [6, 6.07) is 0. The zero-order chi connectivity index (χ0) is 13.6. The van der Waals surface area contributed by atoms with E-state index in [0.29, 0.717) is 10.4 Å². The summed E-state index contributed by atoms with van der Waals surface area (Å²) in [5.41, 5.74) is 0. The second kappa shape index (κ2) is 13.5. The second-order valence-corrected chi connectivity index (χ2v) is 6.85. The molecule has 0 saturated heterocycles. The molecular weight excluding hydrogens is 240 g/mol. The predicted molar refractivity (Wildman–Crippen MR) is 86.1 cm³/mol. The van der Waals surface area contributed by atoms with Gasteiger partial charge in [0.05, 0.1) is 6.42 Å². The minimum atomic E-state index is 0.578. The van der Waals surface area contributed by atoms with Crippen molar-refractivity contribution in [2.75, 3.05) is 0 Å². The van der Waals surface area contributed by atoms with E-state index in [1.807, 2.05) is 0 Å².